The molecule has 0 spiro atoms. The maximum Gasteiger partial charge on any atom is 0.169 e. The van der Waals surface area contributed by atoms with Crippen molar-refractivity contribution in [3.8, 4) is 0 Å². The van der Waals surface area contributed by atoms with Crippen molar-refractivity contribution in [2.24, 2.45) is 0 Å². The summed E-state index contributed by atoms with van der Waals surface area (Å²) in [6.45, 7) is 9.78. The lowest BCUT2D eigenvalue weighted by Crippen LogP contribution is -2.31. The van der Waals surface area contributed by atoms with Crippen LogP contribution < -0.4 is 4.57 Å². The molecule has 0 fully saturated rings. The molecule has 0 N–H and O–H groups in total. The smallest absolute Gasteiger partial charge is 0.169 e. The molecule has 1 rings (SSSR count). The molecule has 0 bridgehead atoms. The summed E-state index contributed by atoms with van der Waals surface area (Å²) in [7, 11) is 0. The lowest BCUT2D eigenvalue weighted by Gasteiger charge is -2.01. The van der Waals surface area contributed by atoms with E-state index in [1.165, 1.54) is 29.6 Å². The van der Waals surface area contributed by atoms with Crippen molar-refractivity contribution in [1.29, 1.82) is 0 Å². The van der Waals surface area contributed by atoms with Crippen LogP contribution in [0.4, 0.5) is 0 Å². The van der Waals surface area contributed by atoms with Crippen LogP contribution in [0, 0.1) is 0 Å². The van der Waals surface area contributed by atoms with E-state index in [0.717, 1.165) is 19.4 Å². The van der Waals surface area contributed by atoms with E-state index >= 15 is 0 Å². The van der Waals surface area contributed by atoms with Crippen LogP contribution >= 0.6 is 0 Å². The lowest BCUT2D eigenvalue weighted by atomic mass is 10.1. The summed E-state index contributed by atoms with van der Waals surface area (Å²) in [5.74, 6) is 0. The average molecular weight is 284 g/mol. The number of pyridine rings is 1. The molecule has 1 aromatic heterocycles. The Labute approximate surface area is 130 Å². The van der Waals surface area contributed by atoms with Gasteiger partial charge in [-0.15, -0.1) is 0 Å². The molecule has 0 aliphatic rings. The number of hydrogen-bond donors (Lipinski definition) is 0. The number of rotatable bonds is 8. The second kappa shape index (κ2) is 10.1. The van der Waals surface area contributed by atoms with Crippen LogP contribution in [0.3, 0.4) is 0 Å². The second-order valence-electron chi connectivity index (χ2n) is 6.03. The number of hydrogen-bond acceptors (Lipinski definition) is 0. The maximum atomic E-state index is 2.39. The van der Waals surface area contributed by atoms with Gasteiger partial charge < -0.3 is 0 Å². The van der Waals surface area contributed by atoms with Crippen LogP contribution in [-0.2, 0) is 6.54 Å². The van der Waals surface area contributed by atoms with Gasteiger partial charge in [0, 0.05) is 12.1 Å². The fraction of sp³-hybridized carbons (Fsp3) is 0.450. The van der Waals surface area contributed by atoms with Gasteiger partial charge in [0.15, 0.2) is 18.9 Å². The highest BCUT2D eigenvalue weighted by Gasteiger charge is 1.96. The average Bonchev–Trinajstić information content (AvgIpc) is 2.46. The Morgan fingerprint density at radius 3 is 1.95 bits per heavy atom. The zero-order chi connectivity index (χ0) is 15.5. The van der Waals surface area contributed by atoms with Crippen molar-refractivity contribution in [2.75, 3.05) is 0 Å². The molecule has 21 heavy (non-hydrogen) atoms. The molecular weight excluding hydrogens is 254 g/mol. The molecule has 0 unspecified atom stereocenters. The number of allylic oxidation sites excluding steroid dienone is 6. The molecular formula is C20H30N+. The first-order valence-corrected chi connectivity index (χ1v) is 7.96. The van der Waals surface area contributed by atoms with Gasteiger partial charge in [0.25, 0.3) is 0 Å². The SMILES string of the molecule is CC(C)=CCC/C(C)=C/CC/C(C)=C/C[n+]1ccccc1. The first-order valence-electron chi connectivity index (χ1n) is 7.96. The Morgan fingerprint density at radius 2 is 1.33 bits per heavy atom. The third-order valence-corrected chi connectivity index (χ3v) is 3.55. The summed E-state index contributed by atoms with van der Waals surface area (Å²) in [4.78, 5) is 0. The predicted octanol–water partition coefficient (Wildman–Crippen LogP) is 5.39. The Kier molecular flexibility index (Phi) is 8.42. The molecule has 1 heterocycles. The highest BCUT2D eigenvalue weighted by Crippen LogP contribution is 2.11. The third kappa shape index (κ3) is 9.01. The fourth-order valence-electron chi connectivity index (χ4n) is 2.16. The zero-order valence-corrected chi connectivity index (χ0v) is 14.1. The summed E-state index contributed by atoms with van der Waals surface area (Å²) in [5.41, 5.74) is 4.40. The fourth-order valence-corrected chi connectivity index (χ4v) is 2.16. The van der Waals surface area contributed by atoms with E-state index in [9.17, 15) is 0 Å². The number of nitrogens with zero attached hydrogens (tertiary/aromatic N) is 1. The van der Waals surface area contributed by atoms with Gasteiger partial charge in [0.1, 0.15) is 0 Å². The van der Waals surface area contributed by atoms with Crippen LogP contribution in [0.2, 0.25) is 0 Å². The van der Waals surface area contributed by atoms with Crippen molar-refractivity contribution in [1.82, 2.24) is 0 Å². The highest BCUT2D eigenvalue weighted by atomic mass is 14.9. The molecule has 0 radical (unpaired) electrons. The summed E-state index contributed by atoms with van der Waals surface area (Å²) in [5, 5.41) is 0. The molecule has 0 aromatic carbocycles. The van der Waals surface area contributed by atoms with E-state index in [1.54, 1.807) is 0 Å². The van der Waals surface area contributed by atoms with Gasteiger partial charge >= 0.3 is 0 Å². The van der Waals surface area contributed by atoms with Crippen molar-refractivity contribution >= 4 is 0 Å². The maximum absolute atomic E-state index is 2.39. The molecule has 1 heteroatoms. The Bertz CT molecular complexity index is 488. The standard InChI is InChI=1S/C20H30N/c1-18(2)10-8-11-19(3)12-9-13-20(4)14-17-21-15-6-5-7-16-21/h5-7,10,12,14-16H,8-9,11,13,17H2,1-4H3/q+1/b19-12+,20-14+. The van der Waals surface area contributed by atoms with E-state index in [-0.39, 0.29) is 0 Å². The second-order valence-corrected chi connectivity index (χ2v) is 6.03. The van der Waals surface area contributed by atoms with Crippen molar-refractivity contribution in [3.63, 3.8) is 0 Å². The van der Waals surface area contributed by atoms with Gasteiger partial charge in [-0.05, 0) is 59.5 Å². The van der Waals surface area contributed by atoms with Gasteiger partial charge in [-0.2, -0.15) is 0 Å². The van der Waals surface area contributed by atoms with Crippen LogP contribution in [0.25, 0.3) is 0 Å². The summed E-state index contributed by atoms with van der Waals surface area (Å²) in [6.07, 6.45) is 15.9. The molecule has 0 saturated heterocycles. The largest absolute Gasteiger partial charge is 0.201 e. The predicted molar refractivity (Wildman–Crippen MR) is 92.1 cm³/mol. The van der Waals surface area contributed by atoms with E-state index in [2.05, 4.69) is 81.1 Å². The molecule has 0 aliphatic heterocycles. The molecule has 0 atom stereocenters. The quantitative estimate of drug-likeness (QED) is 0.445. The summed E-state index contributed by atoms with van der Waals surface area (Å²) in [6, 6.07) is 6.19. The first-order chi connectivity index (χ1) is 10.1. The first kappa shape index (κ1) is 17.4. The minimum Gasteiger partial charge on any atom is -0.201 e. The van der Waals surface area contributed by atoms with Gasteiger partial charge in [-0.25, -0.2) is 4.57 Å². The highest BCUT2D eigenvalue weighted by molar-refractivity contribution is 5.05. The summed E-state index contributed by atoms with van der Waals surface area (Å²) < 4.78 is 2.20. The van der Waals surface area contributed by atoms with Gasteiger partial charge in [-0.1, -0.05) is 34.9 Å². The third-order valence-electron chi connectivity index (χ3n) is 3.55. The number of aromatic nitrogens is 1. The van der Waals surface area contributed by atoms with Gasteiger partial charge in [-0.3, -0.25) is 0 Å². The van der Waals surface area contributed by atoms with E-state index < -0.39 is 0 Å². The van der Waals surface area contributed by atoms with Gasteiger partial charge in [0.05, 0.1) is 0 Å². The van der Waals surface area contributed by atoms with Crippen molar-refractivity contribution in [2.45, 2.75) is 59.9 Å². The van der Waals surface area contributed by atoms with Crippen LogP contribution in [0.1, 0.15) is 53.4 Å². The molecule has 0 amide bonds. The van der Waals surface area contributed by atoms with Crippen molar-refractivity contribution in [3.05, 3.63) is 65.5 Å². The monoisotopic (exact) mass is 284 g/mol. The van der Waals surface area contributed by atoms with E-state index in [0.29, 0.717) is 0 Å². The molecule has 1 aromatic rings. The molecule has 114 valence electrons. The molecule has 0 aliphatic carbocycles. The van der Waals surface area contributed by atoms with E-state index in [4.69, 9.17) is 0 Å². The molecule has 1 nitrogen and oxygen atoms in total. The van der Waals surface area contributed by atoms with Gasteiger partial charge in [0.2, 0.25) is 0 Å². The van der Waals surface area contributed by atoms with Crippen LogP contribution in [-0.4, -0.2) is 0 Å². The minimum atomic E-state index is 0.968. The van der Waals surface area contributed by atoms with Crippen LogP contribution in [0.15, 0.2) is 65.5 Å². The topological polar surface area (TPSA) is 3.88 Å². The van der Waals surface area contributed by atoms with Crippen LogP contribution in [0.5, 0.6) is 0 Å². The summed E-state index contributed by atoms with van der Waals surface area (Å²) >= 11 is 0. The molecule has 0 saturated carbocycles. The normalized spacial score (nSPS) is 12.4. The Morgan fingerprint density at radius 1 is 0.762 bits per heavy atom. The van der Waals surface area contributed by atoms with E-state index in [1.807, 2.05) is 0 Å². The Hall–Kier alpha value is -1.63. The minimum absolute atomic E-state index is 0.968. The van der Waals surface area contributed by atoms with Crippen molar-refractivity contribution < 1.29 is 4.57 Å². The lowest BCUT2D eigenvalue weighted by molar-refractivity contribution is -0.687. The Balaban J connectivity index is 2.29. The zero-order valence-electron chi connectivity index (χ0n) is 14.1.